The predicted octanol–water partition coefficient (Wildman–Crippen LogP) is 1.79. The highest BCUT2D eigenvalue weighted by Crippen LogP contribution is 2.24. The second kappa shape index (κ2) is 8.25. The molecule has 0 aromatic heterocycles. The molecule has 17 heavy (non-hydrogen) atoms. The summed E-state index contributed by atoms with van der Waals surface area (Å²) in [5.41, 5.74) is 0. The Balaban J connectivity index is 2.08. The predicted molar refractivity (Wildman–Crippen MR) is 64.7 cm³/mol. The summed E-state index contributed by atoms with van der Waals surface area (Å²) in [4.78, 5) is 11.3. The van der Waals surface area contributed by atoms with E-state index in [-0.39, 0.29) is 12.6 Å². The second-order valence-corrected chi connectivity index (χ2v) is 4.41. The monoisotopic (exact) mass is 242 g/mol. The maximum absolute atomic E-state index is 11.3. The minimum absolute atomic E-state index is 0.0142. The zero-order chi connectivity index (χ0) is 12.5. The van der Waals surface area contributed by atoms with E-state index in [9.17, 15) is 4.79 Å². The topological polar surface area (TPSA) is 44.8 Å². The van der Waals surface area contributed by atoms with E-state index >= 15 is 0 Å². The van der Waals surface area contributed by atoms with Gasteiger partial charge in [-0.3, -0.25) is 0 Å². The van der Waals surface area contributed by atoms with Crippen molar-refractivity contribution in [3.63, 3.8) is 0 Å². The molecule has 4 heteroatoms. The van der Waals surface area contributed by atoms with Crippen LogP contribution in [0.5, 0.6) is 0 Å². The van der Waals surface area contributed by atoms with E-state index < -0.39 is 0 Å². The van der Waals surface area contributed by atoms with Crippen molar-refractivity contribution in [1.29, 1.82) is 0 Å². The Labute approximate surface area is 103 Å². The molecule has 0 aromatic rings. The van der Waals surface area contributed by atoms with Crippen LogP contribution < -0.4 is 0 Å². The second-order valence-electron chi connectivity index (χ2n) is 4.41. The molecule has 1 rings (SSSR count). The lowest BCUT2D eigenvalue weighted by molar-refractivity contribution is -0.151. The van der Waals surface area contributed by atoms with E-state index in [1.54, 1.807) is 7.11 Å². The first-order chi connectivity index (χ1) is 8.24. The average molecular weight is 242 g/mol. The number of hydrogen-bond donors (Lipinski definition) is 0. The summed E-state index contributed by atoms with van der Waals surface area (Å²) < 4.78 is 15.1. The Morgan fingerprint density at radius 3 is 2.76 bits per heavy atom. The van der Waals surface area contributed by atoms with Crippen LogP contribution in [0.3, 0.4) is 0 Å². The lowest BCUT2D eigenvalue weighted by Gasteiger charge is -2.24. The maximum atomic E-state index is 11.3. The van der Waals surface area contributed by atoms with Gasteiger partial charge in [-0.15, -0.1) is 0 Å². The van der Waals surface area contributed by atoms with E-state index in [4.69, 9.17) is 14.2 Å². The number of allylic oxidation sites excluding steroid dienone is 2. The molecule has 0 bridgehead atoms. The number of rotatable bonds is 7. The van der Waals surface area contributed by atoms with Gasteiger partial charge in [0.05, 0.1) is 19.8 Å². The number of carbonyl (C=O) groups excluding carboxylic acids is 1. The summed E-state index contributed by atoms with van der Waals surface area (Å²) in [5, 5.41) is 0. The van der Waals surface area contributed by atoms with Crippen molar-refractivity contribution in [2.45, 2.75) is 19.8 Å². The Bertz CT molecular complexity index is 250. The van der Waals surface area contributed by atoms with Crippen molar-refractivity contribution in [3.05, 3.63) is 12.2 Å². The van der Waals surface area contributed by atoms with Gasteiger partial charge in [0.2, 0.25) is 0 Å². The van der Waals surface area contributed by atoms with Gasteiger partial charge in [-0.05, 0) is 24.7 Å². The molecule has 0 heterocycles. The molecule has 0 aromatic carbocycles. The van der Waals surface area contributed by atoms with Crippen LogP contribution in [0.1, 0.15) is 19.8 Å². The summed E-state index contributed by atoms with van der Waals surface area (Å²) in [6.45, 7) is 3.63. The van der Waals surface area contributed by atoms with Gasteiger partial charge in [0.1, 0.15) is 6.61 Å². The normalized spacial score (nSPS) is 23.6. The molecule has 1 aliphatic carbocycles. The molecular formula is C13H22O4. The Morgan fingerprint density at radius 1 is 1.29 bits per heavy atom. The van der Waals surface area contributed by atoms with Gasteiger partial charge < -0.3 is 14.2 Å². The lowest BCUT2D eigenvalue weighted by atomic mass is 9.85. The third-order valence-electron chi connectivity index (χ3n) is 3.03. The van der Waals surface area contributed by atoms with E-state index in [1.807, 2.05) is 0 Å². The Hall–Kier alpha value is -0.870. The van der Waals surface area contributed by atoms with Crippen LogP contribution >= 0.6 is 0 Å². The maximum Gasteiger partial charge on any atom is 0.332 e. The Morgan fingerprint density at radius 2 is 2.06 bits per heavy atom. The Kier molecular flexibility index (Phi) is 6.89. The van der Waals surface area contributed by atoms with Crippen molar-refractivity contribution < 1.29 is 19.0 Å². The fourth-order valence-corrected chi connectivity index (χ4v) is 1.78. The molecule has 0 fully saturated rings. The van der Waals surface area contributed by atoms with Gasteiger partial charge in [0, 0.05) is 7.11 Å². The minimum atomic E-state index is -0.289. The quantitative estimate of drug-likeness (QED) is 0.388. The van der Waals surface area contributed by atoms with Gasteiger partial charge in [0.15, 0.2) is 0 Å². The number of carbonyl (C=O) groups is 1. The SMILES string of the molecule is COCCOCC(=O)OCC1CC=CCC1C. The van der Waals surface area contributed by atoms with Crippen LogP contribution in [0.4, 0.5) is 0 Å². The van der Waals surface area contributed by atoms with E-state index in [0.717, 1.165) is 12.8 Å². The van der Waals surface area contributed by atoms with Crippen LogP contribution in [0.15, 0.2) is 12.2 Å². The summed E-state index contributed by atoms with van der Waals surface area (Å²) >= 11 is 0. The van der Waals surface area contributed by atoms with Crippen molar-refractivity contribution >= 4 is 5.97 Å². The van der Waals surface area contributed by atoms with Crippen LogP contribution in [-0.4, -0.2) is 39.5 Å². The van der Waals surface area contributed by atoms with Crippen LogP contribution in [-0.2, 0) is 19.0 Å². The van der Waals surface area contributed by atoms with Crippen molar-refractivity contribution in [1.82, 2.24) is 0 Å². The van der Waals surface area contributed by atoms with Crippen LogP contribution in [0.25, 0.3) is 0 Å². The fourth-order valence-electron chi connectivity index (χ4n) is 1.78. The average Bonchev–Trinajstić information content (AvgIpc) is 2.34. The summed E-state index contributed by atoms with van der Waals surface area (Å²) in [5.74, 6) is 0.744. The van der Waals surface area contributed by atoms with E-state index in [1.165, 1.54) is 0 Å². The molecule has 2 unspecified atom stereocenters. The third-order valence-corrected chi connectivity index (χ3v) is 3.03. The number of methoxy groups -OCH3 is 1. The zero-order valence-electron chi connectivity index (χ0n) is 10.7. The largest absolute Gasteiger partial charge is 0.464 e. The molecule has 0 N–H and O–H groups in total. The molecular weight excluding hydrogens is 220 g/mol. The third kappa shape index (κ3) is 5.84. The first-order valence-corrected chi connectivity index (χ1v) is 6.11. The summed E-state index contributed by atoms with van der Waals surface area (Å²) in [7, 11) is 1.60. The molecule has 4 nitrogen and oxygen atoms in total. The molecule has 0 saturated carbocycles. The first kappa shape index (κ1) is 14.2. The standard InChI is InChI=1S/C13H22O4/c1-11-5-3-4-6-12(11)9-17-13(14)10-16-8-7-15-2/h3-4,11-12H,5-10H2,1-2H3. The zero-order valence-corrected chi connectivity index (χ0v) is 10.7. The number of ether oxygens (including phenoxy) is 3. The number of esters is 1. The van der Waals surface area contributed by atoms with Gasteiger partial charge in [0.25, 0.3) is 0 Å². The van der Waals surface area contributed by atoms with Crippen molar-refractivity contribution in [2.75, 3.05) is 33.5 Å². The van der Waals surface area contributed by atoms with Crippen LogP contribution in [0.2, 0.25) is 0 Å². The summed E-state index contributed by atoms with van der Waals surface area (Å²) in [6.07, 6.45) is 6.43. The van der Waals surface area contributed by atoms with Gasteiger partial charge >= 0.3 is 5.97 Å². The summed E-state index contributed by atoms with van der Waals surface area (Å²) in [6, 6.07) is 0. The molecule has 0 amide bonds. The van der Waals surface area contributed by atoms with Crippen molar-refractivity contribution in [2.24, 2.45) is 11.8 Å². The molecule has 98 valence electrons. The minimum Gasteiger partial charge on any atom is -0.464 e. The molecule has 0 aliphatic heterocycles. The smallest absolute Gasteiger partial charge is 0.332 e. The molecule has 0 spiro atoms. The molecule has 0 saturated heterocycles. The van der Waals surface area contributed by atoms with Gasteiger partial charge in [-0.25, -0.2) is 4.79 Å². The number of hydrogen-bond acceptors (Lipinski definition) is 4. The highest BCUT2D eigenvalue weighted by Gasteiger charge is 2.19. The van der Waals surface area contributed by atoms with Gasteiger partial charge in [-0.1, -0.05) is 19.1 Å². The lowest BCUT2D eigenvalue weighted by Crippen LogP contribution is -2.23. The van der Waals surface area contributed by atoms with Crippen LogP contribution in [0, 0.1) is 11.8 Å². The highest BCUT2D eigenvalue weighted by atomic mass is 16.6. The molecule has 1 aliphatic rings. The highest BCUT2D eigenvalue weighted by molar-refractivity contribution is 5.70. The van der Waals surface area contributed by atoms with Crippen molar-refractivity contribution in [3.8, 4) is 0 Å². The van der Waals surface area contributed by atoms with Gasteiger partial charge in [-0.2, -0.15) is 0 Å². The first-order valence-electron chi connectivity index (χ1n) is 6.11. The fraction of sp³-hybridized carbons (Fsp3) is 0.769. The molecule has 0 radical (unpaired) electrons. The molecule has 2 atom stereocenters. The van der Waals surface area contributed by atoms with E-state index in [2.05, 4.69) is 19.1 Å². The van der Waals surface area contributed by atoms with E-state index in [0.29, 0.717) is 31.7 Å².